The molecule has 3 N–H and O–H groups in total. The van der Waals surface area contributed by atoms with Gasteiger partial charge in [0, 0.05) is 0 Å². The van der Waals surface area contributed by atoms with Crippen molar-refractivity contribution in [2.75, 3.05) is 5.73 Å². The number of benzene rings is 1. The molecule has 0 aliphatic rings. The van der Waals surface area contributed by atoms with Crippen LogP contribution < -0.4 is 16.0 Å². The fourth-order valence-corrected chi connectivity index (χ4v) is 1.23. The Bertz CT molecular complexity index is 642. The fourth-order valence-electron chi connectivity index (χ4n) is 1.23. The Labute approximate surface area is 96.3 Å². The van der Waals surface area contributed by atoms with Gasteiger partial charge in [0.05, 0.1) is 29.7 Å². The van der Waals surface area contributed by atoms with E-state index in [0.29, 0.717) is 17.0 Å². The van der Waals surface area contributed by atoms with Crippen molar-refractivity contribution in [2.24, 2.45) is 0 Å². The molecule has 2 rings (SSSR count). The van der Waals surface area contributed by atoms with Crippen LogP contribution in [0.25, 0.3) is 0 Å². The summed E-state index contributed by atoms with van der Waals surface area (Å²) >= 11 is 0. The Morgan fingerprint density at radius 1 is 1.41 bits per heavy atom. The van der Waals surface area contributed by atoms with Crippen molar-refractivity contribution in [2.45, 2.75) is 0 Å². The summed E-state index contributed by atoms with van der Waals surface area (Å²) in [4.78, 5) is 17.2. The first-order chi connectivity index (χ1) is 8.19. The quantitative estimate of drug-likeness (QED) is 0.746. The smallest absolute Gasteiger partial charge is 0.254 e. The average Bonchev–Trinajstić information content (AvgIpc) is 2.32. The Kier molecular flexibility index (Phi) is 2.75. The Balaban J connectivity index is 2.31. The molecule has 0 bridgehead atoms. The second kappa shape index (κ2) is 4.37. The molecule has 1 heterocycles. The van der Waals surface area contributed by atoms with Gasteiger partial charge < -0.3 is 15.5 Å². The molecule has 0 saturated carbocycles. The molecule has 17 heavy (non-hydrogen) atoms. The highest BCUT2D eigenvalue weighted by molar-refractivity contribution is 5.57. The first-order valence-corrected chi connectivity index (χ1v) is 4.71. The van der Waals surface area contributed by atoms with Crippen LogP contribution in [-0.2, 0) is 0 Å². The van der Waals surface area contributed by atoms with E-state index in [1.807, 2.05) is 6.07 Å². The monoisotopic (exact) mass is 228 g/mol. The van der Waals surface area contributed by atoms with Gasteiger partial charge in [-0.1, -0.05) is 0 Å². The zero-order valence-electron chi connectivity index (χ0n) is 8.68. The van der Waals surface area contributed by atoms with Crippen molar-refractivity contribution in [3.63, 3.8) is 0 Å². The number of nitrogens with one attached hydrogen (secondary N) is 1. The van der Waals surface area contributed by atoms with E-state index in [4.69, 9.17) is 15.7 Å². The predicted molar refractivity (Wildman–Crippen MR) is 60.5 cm³/mol. The van der Waals surface area contributed by atoms with E-state index < -0.39 is 0 Å². The first-order valence-electron chi connectivity index (χ1n) is 4.71. The van der Waals surface area contributed by atoms with Crippen molar-refractivity contribution < 1.29 is 4.74 Å². The molecule has 1 aromatic heterocycles. The summed E-state index contributed by atoms with van der Waals surface area (Å²) in [5.74, 6) is 0.493. The van der Waals surface area contributed by atoms with Gasteiger partial charge in [0.1, 0.15) is 0 Å². The molecule has 0 fully saturated rings. The van der Waals surface area contributed by atoms with Crippen LogP contribution in [0, 0.1) is 11.3 Å². The summed E-state index contributed by atoms with van der Waals surface area (Å²) in [5.41, 5.74) is 6.13. The minimum Gasteiger partial charge on any atom is -0.437 e. The van der Waals surface area contributed by atoms with Crippen molar-refractivity contribution in [1.29, 1.82) is 5.26 Å². The third-order valence-electron chi connectivity index (χ3n) is 2.01. The average molecular weight is 228 g/mol. The number of nitriles is 1. The Morgan fingerprint density at radius 3 is 2.88 bits per heavy atom. The Hall–Kier alpha value is -2.81. The zero-order valence-corrected chi connectivity index (χ0v) is 8.68. The van der Waals surface area contributed by atoms with Gasteiger partial charge in [0.15, 0.2) is 5.75 Å². The molecule has 0 aliphatic carbocycles. The van der Waals surface area contributed by atoms with Crippen LogP contribution in [0.3, 0.4) is 0 Å². The number of nitrogen functional groups attached to an aromatic ring is 1. The lowest BCUT2D eigenvalue weighted by Crippen LogP contribution is -2.05. The van der Waals surface area contributed by atoms with Crippen molar-refractivity contribution in [3.8, 4) is 17.7 Å². The number of nitrogens with zero attached hydrogens (tertiary/aromatic N) is 2. The van der Waals surface area contributed by atoms with Gasteiger partial charge in [0.25, 0.3) is 5.56 Å². The van der Waals surface area contributed by atoms with E-state index in [1.165, 1.54) is 18.5 Å². The molecule has 6 heteroatoms. The lowest BCUT2D eigenvalue weighted by molar-refractivity contribution is 0.462. The van der Waals surface area contributed by atoms with E-state index in [9.17, 15) is 4.79 Å². The topological polar surface area (TPSA) is 105 Å². The molecule has 0 aliphatic heterocycles. The molecule has 0 spiro atoms. The highest BCUT2D eigenvalue weighted by atomic mass is 16.5. The summed E-state index contributed by atoms with van der Waals surface area (Å²) in [5, 5.41) is 8.67. The molecule has 0 saturated heterocycles. The number of rotatable bonds is 2. The molecule has 2 aromatic rings. The highest BCUT2D eigenvalue weighted by Crippen LogP contribution is 2.26. The molecule has 0 amide bonds. The van der Waals surface area contributed by atoms with Crippen molar-refractivity contribution in [1.82, 2.24) is 9.97 Å². The predicted octanol–water partition coefficient (Wildman–Crippen LogP) is 1.02. The van der Waals surface area contributed by atoms with Crippen molar-refractivity contribution >= 4 is 5.69 Å². The van der Waals surface area contributed by atoms with Gasteiger partial charge >= 0.3 is 0 Å². The van der Waals surface area contributed by atoms with Crippen LogP contribution in [0.4, 0.5) is 5.69 Å². The molecule has 84 valence electrons. The number of nitrogens with two attached hydrogens (primary N) is 1. The van der Waals surface area contributed by atoms with Crippen LogP contribution in [-0.4, -0.2) is 9.97 Å². The van der Waals surface area contributed by atoms with E-state index in [-0.39, 0.29) is 11.4 Å². The second-order valence-corrected chi connectivity index (χ2v) is 3.22. The zero-order chi connectivity index (χ0) is 12.3. The Morgan fingerprint density at radius 2 is 2.24 bits per heavy atom. The standard InChI is InChI=1S/C11H8N4O2/c12-5-7-1-2-9(8(13)3-7)17-11-4-10(16)14-6-15-11/h1-4,6H,13H2,(H,14,15,16). The number of hydrogen-bond acceptors (Lipinski definition) is 5. The van der Waals surface area contributed by atoms with E-state index in [1.54, 1.807) is 12.1 Å². The van der Waals surface area contributed by atoms with Crippen LogP contribution in [0.1, 0.15) is 5.56 Å². The maximum absolute atomic E-state index is 11.0. The largest absolute Gasteiger partial charge is 0.437 e. The van der Waals surface area contributed by atoms with Gasteiger partial charge in [-0.3, -0.25) is 4.79 Å². The maximum atomic E-state index is 11.0. The van der Waals surface area contributed by atoms with Gasteiger partial charge in [0.2, 0.25) is 5.88 Å². The van der Waals surface area contributed by atoms with Crippen molar-refractivity contribution in [3.05, 3.63) is 46.5 Å². The molecule has 0 atom stereocenters. The van der Waals surface area contributed by atoms with Crippen LogP contribution >= 0.6 is 0 Å². The summed E-state index contributed by atoms with van der Waals surface area (Å²) in [7, 11) is 0. The van der Waals surface area contributed by atoms with Gasteiger partial charge in [-0.15, -0.1) is 0 Å². The number of hydrogen-bond donors (Lipinski definition) is 2. The molecule has 1 aromatic carbocycles. The lowest BCUT2D eigenvalue weighted by Gasteiger charge is -2.06. The van der Waals surface area contributed by atoms with Crippen LogP contribution in [0.2, 0.25) is 0 Å². The van der Waals surface area contributed by atoms with Gasteiger partial charge in [-0.25, -0.2) is 4.98 Å². The van der Waals surface area contributed by atoms with E-state index >= 15 is 0 Å². The van der Waals surface area contributed by atoms with Gasteiger partial charge in [-0.05, 0) is 18.2 Å². The van der Waals surface area contributed by atoms with Crippen LogP contribution in [0.5, 0.6) is 11.6 Å². The van der Waals surface area contributed by atoms with E-state index in [0.717, 1.165) is 0 Å². The third-order valence-corrected chi connectivity index (χ3v) is 2.01. The number of aromatic nitrogens is 2. The summed E-state index contributed by atoms with van der Waals surface area (Å²) in [6, 6.07) is 7.78. The third kappa shape index (κ3) is 2.41. The summed E-state index contributed by atoms with van der Waals surface area (Å²) < 4.78 is 5.32. The number of H-pyrrole nitrogens is 1. The molecule has 0 unspecified atom stereocenters. The number of ether oxygens (including phenoxy) is 1. The fraction of sp³-hybridized carbons (Fsp3) is 0. The van der Waals surface area contributed by atoms with Crippen LogP contribution in [0.15, 0.2) is 35.4 Å². The molecule has 0 radical (unpaired) electrons. The second-order valence-electron chi connectivity index (χ2n) is 3.22. The lowest BCUT2D eigenvalue weighted by atomic mass is 10.2. The normalized spacial score (nSPS) is 9.59. The van der Waals surface area contributed by atoms with E-state index in [2.05, 4.69) is 9.97 Å². The van der Waals surface area contributed by atoms with Gasteiger partial charge in [-0.2, -0.15) is 5.26 Å². The number of anilines is 1. The minimum atomic E-state index is -0.317. The molecular formula is C11H8N4O2. The first kappa shape index (κ1) is 10.7. The number of aromatic amines is 1. The SMILES string of the molecule is N#Cc1ccc(Oc2cc(=O)[nH]cn2)c(N)c1. The molecular weight excluding hydrogens is 220 g/mol. The summed E-state index contributed by atoms with van der Waals surface area (Å²) in [6.45, 7) is 0. The summed E-state index contributed by atoms with van der Waals surface area (Å²) in [6.07, 6.45) is 1.23. The molecule has 6 nitrogen and oxygen atoms in total. The maximum Gasteiger partial charge on any atom is 0.254 e. The highest BCUT2D eigenvalue weighted by Gasteiger charge is 2.04. The minimum absolute atomic E-state index is 0.144.